The number of sulfonamides is 1. The number of aryl methyl sites for hydroxylation is 1. The molecule has 0 saturated carbocycles. The number of hydrogen-bond donors (Lipinski definition) is 0. The van der Waals surface area contributed by atoms with Gasteiger partial charge in [0.25, 0.3) is 0 Å². The molecule has 4 nitrogen and oxygen atoms in total. The van der Waals surface area contributed by atoms with Crippen molar-refractivity contribution in [3.05, 3.63) is 29.3 Å². The average Bonchev–Trinajstić information content (AvgIpc) is 2.39. The summed E-state index contributed by atoms with van der Waals surface area (Å²) in [5.41, 5.74) is 1.22. The van der Waals surface area contributed by atoms with Crippen LogP contribution in [0.4, 0.5) is 0 Å². The Kier molecular flexibility index (Phi) is 3.95. The fourth-order valence-corrected chi connectivity index (χ4v) is 4.52. The summed E-state index contributed by atoms with van der Waals surface area (Å²) in [6.45, 7) is 2.88. The Morgan fingerprint density at radius 2 is 2.00 bits per heavy atom. The van der Waals surface area contributed by atoms with Crippen molar-refractivity contribution in [3.63, 3.8) is 0 Å². The lowest BCUT2D eigenvalue weighted by Gasteiger charge is -2.25. The van der Waals surface area contributed by atoms with E-state index >= 15 is 0 Å². The topological polar surface area (TPSA) is 61.2 Å². The maximum atomic E-state index is 12.4. The van der Waals surface area contributed by atoms with Crippen LogP contribution in [0.1, 0.15) is 11.1 Å². The molecule has 1 saturated heterocycles. The van der Waals surface area contributed by atoms with Crippen molar-refractivity contribution in [1.29, 1.82) is 5.26 Å². The lowest BCUT2D eigenvalue weighted by atomic mass is 10.1. The molecule has 0 amide bonds. The number of thioether (sulfide) groups is 1. The van der Waals surface area contributed by atoms with Crippen LogP contribution >= 0.6 is 11.8 Å². The third-order valence-electron chi connectivity index (χ3n) is 2.93. The number of nitrogens with zero attached hydrogens (tertiary/aromatic N) is 2. The van der Waals surface area contributed by atoms with Gasteiger partial charge < -0.3 is 0 Å². The van der Waals surface area contributed by atoms with Gasteiger partial charge in [-0.2, -0.15) is 21.3 Å². The van der Waals surface area contributed by atoms with Crippen molar-refractivity contribution in [3.8, 4) is 6.07 Å². The van der Waals surface area contributed by atoms with Gasteiger partial charge in [0.1, 0.15) is 0 Å². The Morgan fingerprint density at radius 3 is 2.56 bits per heavy atom. The molecule has 0 aliphatic carbocycles. The van der Waals surface area contributed by atoms with Crippen LogP contribution in [0.3, 0.4) is 0 Å². The minimum atomic E-state index is -3.40. The second-order valence-corrected chi connectivity index (χ2v) is 7.27. The molecule has 6 heteroatoms. The number of hydrogen-bond acceptors (Lipinski definition) is 4. The molecule has 2 rings (SSSR count). The zero-order chi connectivity index (χ0) is 13.2. The number of rotatable bonds is 2. The highest BCUT2D eigenvalue weighted by Crippen LogP contribution is 2.22. The van der Waals surface area contributed by atoms with E-state index in [1.807, 2.05) is 6.07 Å². The van der Waals surface area contributed by atoms with Crippen LogP contribution in [0.15, 0.2) is 23.1 Å². The highest BCUT2D eigenvalue weighted by Gasteiger charge is 2.26. The Bertz CT molecular complexity index is 585. The molecule has 0 radical (unpaired) electrons. The van der Waals surface area contributed by atoms with Crippen molar-refractivity contribution in [1.82, 2.24) is 4.31 Å². The van der Waals surface area contributed by atoms with Crippen LogP contribution < -0.4 is 0 Å². The first-order valence-corrected chi connectivity index (χ1v) is 8.24. The molecular formula is C12H14N2O2S2. The highest BCUT2D eigenvalue weighted by atomic mass is 32.2. The van der Waals surface area contributed by atoms with Crippen molar-refractivity contribution in [2.24, 2.45) is 0 Å². The minimum absolute atomic E-state index is 0.283. The van der Waals surface area contributed by atoms with Gasteiger partial charge in [0.05, 0.1) is 16.5 Å². The maximum Gasteiger partial charge on any atom is 0.243 e. The SMILES string of the molecule is Cc1cc(S(=O)(=O)N2CCSCC2)ccc1C#N. The Morgan fingerprint density at radius 1 is 1.33 bits per heavy atom. The molecule has 96 valence electrons. The zero-order valence-corrected chi connectivity index (χ0v) is 11.7. The zero-order valence-electron chi connectivity index (χ0n) is 10.1. The molecule has 0 bridgehead atoms. The normalized spacial score (nSPS) is 17.3. The van der Waals surface area contributed by atoms with Crippen molar-refractivity contribution >= 4 is 21.8 Å². The minimum Gasteiger partial charge on any atom is -0.207 e. The predicted molar refractivity (Wildman–Crippen MR) is 72.0 cm³/mol. The first kappa shape index (κ1) is 13.4. The van der Waals surface area contributed by atoms with Crippen molar-refractivity contribution < 1.29 is 8.42 Å². The molecule has 0 atom stereocenters. The smallest absolute Gasteiger partial charge is 0.207 e. The lowest BCUT2D eigenvalue weighted by molar-refractivity contribution is 0.443. The van der Waals surface area contributed by atoms with E-state index in [4.69, 9.17) is 5.26 Å². The quantitative estimate of drug-likeness (QED) is 0.826. The molecule has 1 aliphatic rings. The van der Waals surface area contributed by atoms with Gasteiger partial charge in [-0.25, -0.2) is 8.42 Å². The number of nitriles is 1. The summed E-state index contributed by atoms with van der Waals surface area (Å²) in [7, 11) is -3.40. The Labute approximate surface area is 112 Å². The van der Waals surface area contributed by atoms with Crippen LogP contribution in [-0.2, 0) is 10.0 Å². The molecule has 1 heterocycles. The summed E-state index contributed by atoms with van der Waals surface area (Å²) in [6, 6.07) is 6.71. The average molecular weight is 282 g/mol. The summed E-state index contributed by atoms with van der Waals surface area (Å²) in [6.07, 6.45) is 0. The summed E-state index contributed by atoms with van der Waals surface area (Å²) in [5.74, 6) is 1.68. The van der Waals surface area contributed by atoms with Crippen LogP contribution in [0.25, 0.3) is 0 Å². The van der Waals surface area contributed by atoms with Crippen molar-refractivity contribution in [2.45, 2.75) is 11.8 Å². The molecule has 1 aliphatic heterocycles. The van der Waals surface area contributed by atoms with E-state index in [-0.39, 0.29) is 4.90 Å². The van der Waals surface area contributed by atoms with E-state index < -0.39 is 10.0 Å². The van der Waals surface area contributed by atoms with Gasteiger partial charge in [0.2, 0.25) is 10.0 Å². The van der Waals surface area contributed by atoms with E-state index in [0.29, 0.717) is 24.2 Å². The molecule has 0 aromatic heterocycles. The first-order chi connectivity index (χ1) is 8.55. The summed E-state index contributed by atoms with van der Waals surface area (Å²) < 4.78 is 26.3. The molecule has 0 spiro atoms. The lowest BCUT2D eigenvalue weighted by Crippen LogP contribution is -2.37. The second kappa shape index (κ2) is 5.31. The third kappa shape index (κ3) is 2.53. The molecule has 0 unspecified atom stereocenters. The van der Waals surface area contributed by atoms with E-state index in [9.17, 15) is 8.42 Å². The van der Waals surface area contributed by atoms with Crippen molar-refractivity contribution in [2.75, 3.05) is 24.6 Å². The Hall–Kier alpha value is -1.03. The van der Waals surface area contributed by atoms with Gasteiger partial charge in [-0.15, -0.1) is 0 Å². The molecule has 1 aromatic carbocycles. The highest BCUT2D eigenvalue weighted by molar-refractivity contribution is 7.99. The van der Waals surface area contributed by atoms with Crippen LogP contribution in [0.2, 0.25) is 0 Å². The van der Waals surface area contributed by atoms with Gasteiger partial charge in [-0.3, -0.25) is 0 Å². The molecule has 1 aromatic rings. The van der Waals surface area contributed by atoms with E-state index in [2.05, 4.69) is 0 Å². The molecule has 18 heavy (non-hydrogen) atoms. The predicted octanol–water partition coefficient (Wildman–Crippen LogP) is 1.60. The fourth-order valence-electron chi connectivity index (χ4n) is 1.86. The monoisotopic (exact) mass is 282 g/mol. The fraction of sp³-hybridized carbons (Fsp3) is 0.417. The van der Waals surface area contributed by atoms with Gasteiger partial charge in [-0.05, 0) is 30.7 Å². The van der Waals surface area contributed by atoms with Crippen LogP contribution in [0.5, 0.6) is 0 Å². The largest absolute Gasteiger partial charge is 0.243 e. The van der Waals surface area contributed by atoms with Crippen LogP contribution in [0, 0.1) is 18.3 Å². The summed E-state index contributed by atoms with van der Waals surface area (Å²) >= 11 is 1.77. The molecule has 1 fully saturated rings. The summed E-state index contributed by atoms with van der Waals surface area (Å²) in [5, 5.41) is 8.85. The van der Waals surface area contributed by atoms with E-state index in [1.165, 1.54) is 10.4 Å². The second-order valence-electron chi connectivity index (χ2n) is 4.10. The van der Waals surface area contributed by atoms with Gasteiger partial charge >= 0.3 is 0 Å². The standard InChI is InChI=1S/C12H14N2O2S2/c1-10-8-12(3-2-11(10)9-13)18(15,16)14-4-6-17-7-5-14/h2-3,8H,4-7H2,1H3. The third-order valence-corrected chi connectivity index (χ3v) is 5.76. The van der Waals surface area contributed by atoms with Crippen LogP contribution in [-0.4, -0.2) is 37.3 Å². The van der Waals surface area contributed by atoms with Gasteiger partial charge in [-0.1, -0.05) is 0 Å². The van der Waals surface area contributed by atoms with Gasteiger partial charge in [0, 0.05) is 24.6 Å². The maximum absolute atomic E-state index is 12.4. The van der Waals surface area contributed by atoms with E-state index in [0.717, 1.165) is 11.5 Å². The van der Waals surface area contributed by atoms with E-state index in [1.54, 1.807) is 30.8 Å². The Balaban J connectivity index is 2.35. The number of benzene rings is 1. The molecule has 0 N–H and O–H groups in total. The first-order valence-electron chi connectivity index (χ1n) is 5.64. The molecular weight excluding hydrogens is 268 g/mol. The summed E-state index contributed by atoms with van der Waals surface area (Å²) in [4.78, 5) is 0.283. The van der Waals surface area contributed by atoms with Gasteiger partial charge in [0.15, 0.2) is 0 Å².